The molecular formula is C17H21N3O4. The van der Waals surface area contributed by atoms with Gasteiger partial charge in [0.2, 0.25) is 11.8 Å². The Morgan fingerprint density at radius 3 is 2.21 bits per heavy atom. The van der Waals surface area contributed by atoms with Crippen LogP contribution < -0.4 is 9.64 Å². The summed E-state index contributed by atoms with van der Waals surface area (Å²) in [7, 11) is 0. The second-order valence-electron chi connectivity index (χ2n) is 6.04. The van der Waals surface area contributed by atoms with Crippen LogP contribution in [0.4, 0.5) is 5.69 Å². The number of nitrogens with zero attached hydrogens (tertiary/aromatic N) is 3. The van der Waals surface area contributed by atoms with Crippen LogP contribution in [0.2, 0.25) is 0 Å². The molecule has 24 heavy (non-hydrogen) atoms. The molecule has 1 fully saturated rings. The van der Waals surface area contributed by atoms with E-state index in [2.05, 4.69) is 0 Å². The fourth-order valence-corrected chi connectivity index (χ4v) is 3.11. The number of ether oxygens (including phenoxy) is 1. The Kier molecular flexibility index (Phi) is 4.42. The van der Waals surface area contributed by atoms with Crippen molar-refractivity contribution in [1.29, 1.82) is 0 Å². The molecular weight excluding hydrogens is 310 g/mol. The van der Waals surface area contributed by atoms with Crippen LogP contribution in [0.25, 0.3) is 0 Å². The molecule has 1 atom stereocenters. The van der Waals surface area contributed by atoms with E-state index in [0.29, 0.717) is 37.6 Å². The van der Waals surface area contributed by atoms with Crippen molar-refractivity contribution in [3.05, 3.63) is 24.3 Å². The summed E-state index contributed by atoms with van der Waals surface area (Å²) in [6, 6.07) is 7.22. The minimum atomic E-state index is -0.715. The highest BCUT2D eigenvalue weighted by molar-refractivity contribution is 5.96. The number of carbonyl (C=O) groups is 3. The Bertz CT molecular complexity index is 668. The number of para-hydroxylation sites is 2. The molecule has 0 radical (unpaired) electrons. The number of rotatable bonds is 1. The van der Waals surface area contributed by atoms with E-state index < -0.39 is 6.10 Å². The lowest BCUT2D eigenvalue weighted by molar-refractivity contribution is -0.143. The number of fused-ring (bicyclic) bond motifs is 1. The van der Waals surface area contributed by atoms with Gasteiger partial charge in [-0.05, 0) is 12.1 Å². The van der Waals surface area contributed by atoms with E-state index >= 15 is 0 Å². The monoisotopic (exact) mass is 331 g/mol. The zero-order valence-corrected chi connectivity index (χ0v) is 13.9. The van der Waals surface area contributed by atoms with Gasteiger partial charge in [0.05, 0.1) is 12.2 Å². The molecule has 3 rings (SSSR count). The molecule has 7 nitrogen and oxygen atoms in total. The molecule has 1 saturated heterocycles. The first-order valence-electron chi connectivity index (χ1n) is 8.05. The molecule has 0 bridgehead atoms. The summed E-state index contributed by atoms with van der Waals surface area (Å²) in [6.45, 7) is 5.25. The summed E-state index contributed by atoms with van der Waals surface area (Å²) in [6.07, 6.45) is -0.715. The molecule has 7 heteroatoms. The lowest BCUT2D eigenvalue weighted by atomic mass is 10.1. The van der Waals surface area contributed by atoms with Crippen molar-refractivity contribution in [3.8, 4) is 5.75 Å². The molecule has 0 N–H and O–H groups in total. The van der Waals surface area contributed by atoms with Gasteiger partial charge in [0.25, 0.3) is 5.91 Å². The molecule has 1 aromatic carbocycles. The van der Waals surface area contributed by atoms with Crippen molar-refractivity contribution in [2.45, 2.75) is 20.0 Å². The number of piperazine rings is 1. The average Bonchev–Trinajstić information content (AvgIpc) is 2.60. The topological polar surface area (TPSA) is 70.2 Å². The van der Waals surface area contributed by atoms with Crippen molar-refractivity contribution in [1.82, 2.24) is 9.80 Å². The third-order valence-corrected chi connectivity index (χ3v) is 4.47. The van der Waals surface area contributed by atoms with Crippen molar-refractivity contribution in [3.63, 3.8) is 0 Å². The van der Waals surface area contributed by atoms with Crippen LogP contribution in [0.1, 0.15) is 13.8 Å². The summed E-state index contributed by atoms with van der Waals surface area (Å²) >= 11 is 0. The van der Waals surface area contributed by atoms with Gasteiger partial charge in [-0.15, -0.1) is 0 Å². The predicted octanol–water partition coefficient (Wildman–Crippen LogP) is 0.491. The molecule has 2 aliphatic rings. The van der Waals surface area contributed by atoms with Gasteiger partial charge < -0.3 is 19.4 Å². The van der Waals surface area contributed by atoms with Crippen LogP contribution in [-0.4, -0.2) is 66.3 Å². The number of hydrogen-bond donors (Lipinski definition) is 0. The molecule has 128 valence electrons. The maximum Gasteiger partial charge on any atom is 0.265 e. The summed E-state index contributed by atoms with van der Waals surface area (Å²) in [5.41, 5.74) is 0.690. The van der Waals surface area contributed by atoms with Crippen LogP contribution in [0.3, 0.4) is 0 Å². The number of amides is 3. The molecule has 0 saturated carbocycles. The molecule has 0 unspecified atom stereocenters. The molecule has 0 aliphatic carbocycles. The summed E-state index contributed by atoms with van der Waals surface area (Å²) in [4.78, 5) is 41.1. The largest absolute Gasteiger partial charge is 0.476 e. The third-order valence-electron chi connectivity index (χ3n) is 4.47. The van der Waals surface area contributed by atoms with E-state index in [1.54, 1.807) is 20.8 Å². The summed E-state index contributed by atoms with van der Waals surface area (Å²) in [5, 5.41) is 0. The second-order valence-corrected chi connectivity index (χ2v) is 6.04. The van der Waals surface area contributed by atoms with Gasteiger partial charge in [-0.25, -0.2) is 0 Å². The van der Waals surface area contributed by atoms with Gasteiger partial charge in [-0.3, -0.25) is 14.4 Å². The van der Waals surface area contributed by atoms with Gasteiger partial charge >= 0.3 is 0 Å². The fraction of sp³-hybridized carbons (Fsp3) is 0.471. The van der Waals surface area contributed by atoms with E-state index in [1.165, 1.54) is 13.8 Å². The molecule has 0 aromatic heterocycles. The minimum absolute atomic E-state index is 0.0210. The fourth-order valence-electron chi connectivity index (χ4n) is 3.11. The smallest absolute Gasteiger partial charge is 0.265 e. The maximum absolute atomic E-state index is 12.8. The van der Waals surface area contributed by atoms with Crippen molar-refractivity contribution in [2.24, 2.45) is 0 Å². The average molecular weight is 331 g/mol. The Morgan fingerprint density at radius 1 is 0.958 bits per heavy atom. The Labute approximate surface area is 140 Å². The molecule has 0 spiro atoms. The summed E-state index contributed by atoms with van der Waals surface area (Å²) < 4.78 is 5.84. The Balaban J connectivity index is 1.73. The highest BCUT2D eigenvalue weighted by atomic mass is 16.5. The molecule has 3 amide bonds. The number of benzene rings is 1. The van der Waals surface area contributed by atoms with Crippen molar-refractivity contribution < 1.29 is 19.1 Å². The van der Waals surface area contributed by atoms with E-state index in [1.807, 2.05) is 18.2 Å². The van der Waals surface area contributed by atoms with Crippen LogP contribution in [0.15, 0.2) is 24.3 Å². The normalized spacial score (nSPS) is 20.2. The molecule has 2 heterocycles. The zero-order valence-electron chi connectivity index (χ0n) is 13.9. The van der Waals surface area contributed by atoms with Crippen LogP contribution in [0, 0.1) is 0 Å². The van der Waals surface area contributed by atoms with Crippen LogP contribution in [0.5, 0.6) is 5.75 Å². The van der Waals surface area contributed by atoms with Crippen molar-refractivity contribution >= 4 is 23.4 Å². The zero-order chi connectivity index (χ0) is 17.3. The quantitative estimate of drug-likeness (QED) is 0.751. The standard InChI is InChI=1S/C17H21N3O4/c1-12(21)18-7-9-19(10-8-18)17(23)16-11-20(13(2)22)14-5-3-4-6-15(14)24-16/h3-6,16H,7-11H2,1-2H3/t16-/m0/s1. The first kappa shape index (κ1) is 16.3. The van der Waals surface area contributed by atoms with Gasteiger partial charge in [-0.2, -0.15) is 0 Å². The predicted molar refractivity (Wildman–Crippen MR) is 87.7 cm³/mol. The lowest BCUT2D eigenvalue weighted by Gasteiger charge is -2.39. The van der Waals surface area contributed by atoms with Gasteiger partial charge in [-0.1, -0.05) is 12.1 Å². The van der Waals surface area contributed by atoms with Crippen molar-refractivity contribution in [2.75, 3.05) is 37.6 Å². The lowest BCUT2D eigenvalue weighted by Crippen LogP contribution is -2.56. The van der Waals surface area contributed by atoms with Gasteiger partial charge in [0.1, 0.15) is 5.75 Å². The minimum Gasteiger partial charge on any atom is -0.476 e. The number of anilines is 1. The SMILES string of the molecule is CC(=O)N1CCN(C(=O)[C@@H]2CN(C(C)=O)c3ccccc3O2)CC1. The first-order valence-corrected chi connectivity index (χ1v) is 8.05. The van der Waals surface area contributed by atoms with Crippen LogP contribution >= 0.6 is 0 Å². The summed E-state index contributed by atoms with van der Waals surface area (Å²) in [5.74, 6) is 0.302. The van der Waals surface area contributed by atoms with E-state index in [9.17, 15) is 14.4 Å². The number of carbonyl (C=O) groups excluding carboxylic acids is 3. The Hall–Kier alpha value is -2.57. The second kappa shape index (κ2) is 6.51. The van der Waals surface area contributed by atoms with Gasteiger partial charge in [0.15, 0.2) is 6.10 Å². The number of hydrogen-bond acceptors (Lipinski definition) is 4. The van der Waals surface area contributed by atoms with E-state index in [4.69, 9.17) is 4.74 Å². The highest BCUT2D eigenvalue weighted by Crippen LogP contribution is 2.33. The Morgan fingerprint density at radius 2 is 1.58 bits per heavy atom. The third kappa shape index (κ3) is 3.06. The molecule has 1 aromatic rings. The van der Waals surface area contributed by atoms with Gasteiger partial charge in [0, 0.05) is 40.0 Å². The molecule has 2 aliphatic heterocycles. The highest BCUT2D eigenvalue weighted by Gasteiger charge is 2.36. The van der Waals surface area contributed by atoms with E-state index in [0.717, 1.165) is 0 Å². The maximum atomic E-state index is 12.8. The first-order chi connectivity index (χ1) is 11.5. The van der Waals surface area contributed by atoms with E-state index in [-0.39, 0.29) is 24.3 Å². The van der Waals surface area contributed by atoms with Crippen LogP contribution in [-0.2, 0) is 14.4 Å².